The van der Waals surface area contributed by atoms with Crippen LogP contribution in [0, 0.1) is 0 Å². The fourth-order valence-electron chi connectivity index (χ4n) is 3.50. The summed E-state index contributed by atoms with van der Waals surface area (Å²) >= 11 is 6.25. The molecule has 1 aliphatic heterocycles. The summed E-state index contributed by atoms with van der Waals surface area (Å²) in [5.74, 6) is -0.408. The molecule has 1 amide bonds. The molecule has 1 atom stereocenters. The van der Waals surface area contributed by atoms with Gasteiger partial charge < -0.3 is 14.4 Å². The number of fused-ring (bicyclic) bond motifs is 1. The minimum Gasteiger partial charge on any atom is -0.465 e. The highest BCUT2D eigenvalue weighted by atomic mass is 35.5. The van der Waals surface area contributed by atoms with E-state index in [-0.39, 0.29) is 18.7 Å². The summed E-state index contributed by atoms with van der Waals surface area (Å²) in [6, 6.07) is 17.6. The van der Waals surface area contributed by atoms with Gasteiger partial charge in [-0.25, -0.2) is 0 Å². The maximum atomic E-state index is 13.2. The molecule has 0 aliphatic carbocycles. The summed E-state index contributed by atoms with van der Waals surface area (Å²) in [7, 11) is 0. The van der Waals surface area contributed by atoms with Crippen molar-refractivity contribution in [3.8, 4) is 0 Å². The van der Waals surface area contributed by atoms with E-state index in [1.807, 2.05) is 18.2 Å². The minimum absolute atomic E-state index is 0.203. The summed E-state index contributed by atoms with van der Waals surface area (Å²) in [6.45, 7) is 0.203. The van der Waals surface area contributed by atoms with Gasteiger partial charge in [-0.1, -0.05) is 48.0 Å². The number of aliphatic hydroxyl groups is 1. The lowest BCUT2D eigenvalue weighted by molar-refractivity contribution is -0.140. The van der Waals surface area contributed by atoms with E-state index in [1.54, 1.807) is 42.5 Å². The normalized spacial score (nSPS) is 18.4. The number of allylic oxidation sites excluding steroid dienone is 1. The van der Waals surface area contributed by atoms with Crippen LogP contribution in [0.3, 0.4) is 0 Å². The number of halogens is 1. The first-order chi connectivity index (χ1) is 14.0. The largest absolute Gasteiger partial charge is 0.465 e. The van der Waals surface area contributed by atoms with Gasteiger partial charge in [0.05, 0.1) is 24.9 Å². The summed E-state index contributed by atoms with van der Waals surface area (Å²) in [6.07, 6.45) is 3.96. The smallest absolute Gasteiger partial charge is 0.264 e. The molecule has 0 saturated carbocycles. The Hall–Kier alpha value is -3.15. The third-order valence-corrected chi connectivity index (χ3v) is 5.30. The van der Waals surface area contributed by atoms with Crippen molar-refractivity contribution in [3.05, 3.63) is 94.9 Å². The van der Waals surface area contributed by atoms with Gasteiger partial charge in [0.2, 0.25) is 0 Å². The van der Waals surface area contributed by atoms with Gasteiger partial charge in [0.15, 0.2) is 11.4 Å². The number of amides is 1. The highest BCUT2D eigenvalue weighted by Gasteiger charge is 2.50. The maximum absolute atomic E-state index is 13.2. The molecule has 0 radical (unpaired) electrons. The lowest BCUT2D eigenvalue weighted by Crippen LogP contribution is -2.41. The molecule has 5 nitrogen and oxygen atoms in total. The van der Waals surface area contributed by atoms with Crippen LogP contribution < -0.4 is 4.90 Å². The Labute approximate surface area is 172 Å². The van der Waals surface area contributed by atoms with Crippen molar-refractivity contribution in [2.24, 2.45) is 0 Å². The van der Waals surface area contributed by atoms with Crippen LogP contribution in [0.15, 0.2) is 77.4 Å². The number of anilines is 1. The average molecular weight is 408 g/mol. The number of nitrogens with zero attached hydrogens (tertiary/aromatic N) is 1. The SMILES string of the molecule is O=C(/C=C/c1ccco1)C[C@@]1(O)C(=O)N(Cc2ccccc2Cl)c2ccccc21. The lowest BCUT2D eigenvalue weighted by Gasteiger charge is -2.22. The lowest BCUT2D eigenvalue weighted by atomic mass is 9.90. The van der Waals surface area contributed by atoms with E-state index in [2.05, 4.69) is 0 Å². The van der Waals surface area contributed by atoms with Gasteiger partial charge in [-0.15, -0.1) is 0 Å². The molecule has 29 heavy (non-hydrogen) atoms. The Kier molecular flexibility index (Phi) is 5.09. The van der Waals surface area contributed by atoms with Crippen molar-refractivity contribution in [1.82, 2.24) is 0 Å². The molecule has 146 valence electrons. The summed E-state index contributed by atoms with van der Waals surface area (Å²) in [5.41, 5.74) is -0.187. The zero-order valence-corrected chi connectivity index (χ0v) is 16.2. The highest BCUT2D eigenvalue weighted by Crippen LogP contribution is 2.43. The van der Waals surface area contributed by atoms with Crippen LogP contribution in [0.25, 0.3) is 6.08 Å². The zero-order valence-electron chi connectivity index (χ0n) is 15.4. The number of para-hydroxylation sites is 1. The van der Waals surface area contributed by atoms with Gasteiger partial charge >= 0.3 is 0 Å². The van der Waals surface area contributed by atoms with Crippen LogP contribution in [0.5, 0.6) is 0 Å². The maximum Gasteiger partial charge on any atom is 0.264 e. The van der Waals surface area contributed by atoms with Crippen molar-refractivity contribution in [3.63, 3.8) is 0 Å². The van der Waals surface area contributed by atoms with E-state index < -0.39 is 11.5 Å². The third kappa shape index (κ3) is 3.62. The molecular formula is C23H18ClNO4. The van der Waals surface area contributed by atoms with Crippen molar-refractivity contribution in [2.75, 3.05) is 4.90 Å². The number of furan rings is 1. The standard InChI is InChI=1S/C23H18ClNO4/c24-20-9-3-1-6-16(20)15-25-21-10-4-2-8-19(21)23(28,22(25)27)14-17(26)11-12-18-7-5-13-29-18/h1-13,28H,14-15H2/b12-11+/t23-/m0/s1. The summed E-state index contributed by atoms with van der Waals surface area (Å²) < 4.78 is 5.16. The molecule has 6 heteroatoms. The van der Waals surface area contributed by atoms with E-state index in [0.29, 0.717) is 22.0 Å². The molecule has 0 bridgehead atoms. The topological polar surface area (TPSA) is 70.7 Å². The molecule has 1 N–H and O–H groups in total. The molecule has 0 spiro atoms. The molecule has 0 unspecified atom stereocenters. The highest BCUT2D eigenvalue weighted by molar-refractivity contribution is 6.31. The van der Waals surface area contributed by atoms with Crippen molar-refractivity contribution in [2.45, 2.75) is 18.6 Å². The quantitative estimate of drug-likeness (QED) is 0.617. The Balaban J connectivity index is 1.63. The molecule has 2 aromatic carbocycles. The average Bonchev–Trinajstić information content (AvgIpc) is 3.30. The second-order valence-electron chi connectivity index (χ2n) is 6.85. The van der Waals surface area contributed by atoms with E-state index in [0.717, 1.165) is 5.56 Å². The van der Waals surface area contributed by atoms with Gasteiger partial charge in [-0.3, -0.25) is 9.59 Å². The summed E-state index contributed by atoms with van der Waals surface area (Å²) in [4.78, 5) is 27.2. The minimum atomic E-state index is -1.93. The molecule has 1 aliphatic rings. The monoisotopic (exact) mass is 407 g/mol. The Morgan fingerprint density at radius 2 is 1.86 bits per heavy atom. The fourth-order valence-corrected chi connectivity index (χ4v) is 3.70. The molecule has 2 heterocycles. The number of hydrogen-bond acceptors (Lipinski definition) is 4. The second kappa shape index (κ2) is 7.70. The number of carbonyl (C=O) groups excluding carboxylic acids is 2. The molecule has 1 aromatic heterocycles. The molecule has 0 saturated heterocycles. The van der Waals surface area contributed by atoms with Gasteiger partial charge in [0.25, 0.3) is 5.91 Å². The van der Waals surface area contributed by atoms with Gasteiger partial charge in [0.1, 0.15) is 5.76 Å². The van der Waals surface area contributed by atoms with Crippen LogP contribution in [-0.4, -0.2) is 16.8 Å². The van der Waals surface area contributed by atoms with E-state index in [1.165, 1.54) is 23.3 Å². The predicted molar refractivity (Wildman–Crippen MR) is 110 cm³/mol. The van der Waals surface area contributed by atoms with Crippen LogP contribution in [0.4, 0.5) is 5.69 Å². The molecule has 0 fully saturated rings. The van der Waals surface area contributed by atoms with Gasteiger partial charge in [-0.05, 0) is 42.0 Å². The summed E-state index contributed by atoms with van der Waals surface area (Å²) in [5, 5.41) is 11.8. The first-order valence-corrected chi connectivity index (χ1v) is 9.48. The third-order valence-electron chi connectivity index (χ3n) is 4.93. The number of hydrogen-bond donors (Lipinski definition) is 1. The number of carbonyl (C=O) groups is 2. The number of rotatable bonds is 6. The Morgan fingerprint density at radius 3 is 2.62 bits per heavy atom. The van der Waals surface area contributed by atoms with Crippen LogP contribution in [0.2, 0.25) is 5.02 Å². The van der Waals surface area contributed by atoms with Crippen LogP contribution in [-0.2, 0) is 21.7 Å². The van der Waals surface area contributed by atoms with Crippen LogP contribution in [0.1, 0.15) is 23.3 Å². The van der Waals surface area contributed by atoms with Crippen LogP contribution >= 0.6 is 11.6 Å². The van der Waals surface area contributed by atoms with Crippen molar-refractivity contribution >= 4 is 35.1 Å². The molecule has 3 aromatic rings. The van der Waals surface area contributed by atoms with E-state index >= 15 is 0 Å². The molecule has 4 rings (SSSR count). The number of ketones is 1. The van der Waals surface area contributed by atoms with Crippen molar-refractivity contribution in [1.29, 1.82) is 0 Å². The van der Waals surface area contributed by atoms with Gasteiger partial charge in [-0.2, -0.15) is 0 Å². The first-order valence-electron chi connectivity index (χ1n) is 9.11. The predicted octanol–water partition coefficient (Wildman–Crippen LogP) is 4.34. The first kappa shape index (κ1) is 19.2. The zero-order chi connectivity index (χ0) is 20.4. The number of benzene rings is 2. The second-order valence-corrected chi connectivity index (χ2v) is 7.26. The molecular weight excluding hydrogens is 390 g/mol. The van der Waals surface area contributed by atoms with E-state index in [9.17, 15) is 14.7 Å². The Bertz CT molecular complexity index is 1090. The van der Waals surface area contributed by atoms with Crippen molar-refractivity contribution < 1.29 is 19.1 Å². The Morgan fingerprint density at radius 1 is 1.10 bits per heavy atom. The fraction of sp³-hybridized carbons (Fsp3) is 0.130. The van der Waals surface area contributed by atoms with Gasteiger partial charge in [0, 0.05) is 10.6 Å². The van der Waals surface area contributed by atoms with E-state index in [4.69, 9.17) is 16.0 Å².